The molecule has 2 rings (SSSR count). The molecule has 18 heavy (non-hydrogen) atoms. The van der Waals surface area contributed by atoms with Crippen LogP contribution >= 0.6 is 7.29 Å². The maximum Gasteiger partial charge on any atom is 0.202 e. The van der Waals surface area contributed by atoms with Crippen molar-refractivity contribution in [2.24, 2.45) is 5.50 Å². The third-order valence-corrected chi connectivity index (χ3v) is 5.54. The van der Waals surface area contributed by atoms with Gasteiger partial charge in [0.15, 0.2) is 0 Å². The van der Waals surface area contributed by atoms with Crippen molar-refractivity contribution in [2.75, 3.05) is 0 Å². The molecule has 2 aromatic carbocycles. The molecule has 3 heteroatoms. The van der Waals surface area contributed by atoms with E-state index >= 15 is 0 Å². The van der Waals surface area contributed by atoms with E-state index in [1.54, 1.807) is 0 Å². The molecule has 2 N–H and O–H groups in total. The Kier molecular flexibility index (Phi) is 3.43. The fourth-order valence-corrected chi connectivity index (χ4v) is 4.53. The molecule has 0 aliphatic heterocycles. The minimum Gasteiger partial charge on any atom is -0.297 e. The maximum atomic E-state index is 12.9. The fraction of sp³-hybridized carbons (Fsp3) is 0.200. The van der Waals surface area contributed by atoms with Gasteiger partial charge in [0, 0.05) is 10.6 Å². The molecule has 0 bridgehead atoms. The molecule has 0 saturated carbocycles. The van der Waals surface area contributed by atoms with Crippen molar-refractivity contribution in [3.05, 3.63) is 59.2 Å². The molecular formula is C15H18NOP. The normalized spacial score (nSPS) is 14.2. The monoisotopic (exact) mass is 259 g/mol. The van der Waals surface area contributed by atoms with Crippen LogP contribution in [0.25, 0.3) is 0 Å². The van der Waals surface area contributed by atoms with Crippen molar-refractivity contribution < 1.29 is 4.57 Å². The summed E-state index contributed by atoms with van der Waals surface area (Å²) in [6.45, 7) is 5.98. The summed E-state index contributed by atoms with van der Waals surface area (Å²) in [4.78, 5) is 0. The zero-order chi connectivity index (χ0) is 13.3. The van der Waals surface area contributed by atoms with E-state index in [9.17, 15) is 4.57 Å². The zero-order valence-corrected chi connectivity index (χ0v) is 11.9. The highest BCUT2D eigenvalue weighted by Crippen LogP contribution is 2.36. The van der Waals surface area contributed by atoms with E-state index in [2.05, 4.69) is 0 Å². The Bertz CT molecular complexity index is 597. The lowest BCUT2D eigenvalue weighted by molar-refractivity contribution is 0.588. The molecule has 0 saturated heterocycles. The quantitative estimate of drug-likeness (QED) is 0.843. The molecule has 0 radical (unpaired) electrons. The van der Waals surface area contributed by atoms with Gasteiger partial charge in [-0.3, -0.25) is 10.1 Å². The smallest absolute Gasteiger partial charge is 0.202 e. The van der Waals surface area contributed by atoms with Crippen LogP contribution in [0.3, 0.4) is 0 Å². The Hall–Kier alpha value is -1.37. The minimum absolute atomic E-state index is 0.708. The predicted molar refractivity (Wildman–Crippen MR) is 78.2 cm³/mol. The Morgan fingerprint density at radius 1 is 0.944 bits per heavy atom. The summed E-state index contributed by atoms with van der Waals surface area (Å²) in [6, 6.07) is 13.4. The third kappa shape index (κ3) is 2.27. The van der Waals surface area contributed by atoms with Gasteiger partial charge in [-0.2, -0.15) is 0 Å². The molecule has 94 valence electrons. The van der Waals surface area contributed by atoms with Gasteiger partial charge >= 0.3 is 0 Å². The first-order valence-corrected chi connectivity index (χ1v) is 7.73. The van der Waals surface area contributed by atoms with Crippen molar-refractivity contribution >= 4 is 17.9 Å². The van der Waals surface area contributed by atoms with E-state index in [0.29, 0.717) is 5.30 Å². The molecule has 0 unspecified atom stereocenters. The van der Waals surface area contributed by atoms with Crippen LogP contribution in [0.1, 0.15) is 16.7 Å². The van der Waals surface area contributed by atoms with Gasteiger partial charge in [-0.1, -0.05) is 35.9 Å². The van der Waals surface area contributed by atoms with Crippen LogP contribution < -0.4 is 16.1 Å². The summed E-state index contributed by atoms with van der Waals surface area (Å²) in [6.07, 6.45) is 0. The van der Waals surface area contributed by atoms with Gasteiger partial charge in [0.25, 0.3) is 0 Å². The van der Waals surface area contributed by atoms with Crippen molar-refractivity contribution in [1.82, 2.24) is 0 Å². The first-order valence-electron chi connectivity index (χ1n) is 5.95. The number of nitrogens with two attached hydrogens (primary N) is 1. The van der Waals surface area contributed by atoms with E-state index < -0.39 is 7.29 Å². The van der Waals surface area contributed by atoms with Crippen LogP contribution in [0.4, 0.5) is 0 Å². The number of hydrogen-bond acceptors (Lipinski definition) is 1. The van der Waals surface area contributed by atoms with Gasteiger partial charge in [0.05, 0.1) is 0 Å². The summed E-state index contributed by atoms with van der Waals surface area (Å²) >= 11 is 0. The van der Waals surface area contributed by atoms with Crippen LogP contribution in [0.2, 0.25) is 0 Å². The van der Waals surface area contributed by atoms with Crippen LogP contribution in [0, 0.1) is 20.8 Å². The first kappa shape index (κ1) is 13.1. The maximum absolute atomic E-state index is 12.9. The van der Waals surface area contributed by atoms with Gasteiger partial charge in [-0.05, 0) is 44.0 Å². The second-order valence-electron chi connectivity index (χ2n) is 4.74. The van der Waals surface area contributed by atoms with Crippen molar-refractivity contribution in [1.29, 1.82) is 0 Å². The van der Waals surface area contributed by atoms with E-state index in [-0.39, 0.29) is 0 Å². The summed E-state index contributed by atoms with van der Waals surface area (Å²) in [7, 11) is -2.99. The topological polar surface area (TPSA) is 43.1 Å². The molecule has 2 aromatic rings. The highest BCUT2D eigenvalue weighted by Gasteiger charge is 2.25. The van der Waals surface area contributed by atoms with Gasteiger partial charge < -0.3 is 0 Å². The van der Waals surface area contributed by atoms with Crippen molar-refractivity contribution in [3.63, 3.8) is 0 Å². The van der Waals surface area contributed by atoms with Crippen LogP contribution in [0.5, 0.6) is 0 Å². The largest absolute Gasteiger partial charge is 0.297 e. The summed E-state index contributed by atoms with van der Waals surface area (Å²) in [5.74, 6) is 0. The predicted octanol–water partition coefficient (Wildman–Crippen LogP) is 2.80. The highest BCUT2D eigenvalue weighted by atomic mass is 31.2. The minimum atomic E-state index is -2.99. The van der Waals surface area contributed by atoms with Gasteiger partial charge in [0.1, 0.15) is 0 Å². The van der Waals surface area contributed by atoms with Crippen LogP contribution in [-0.2, 0) is 4.57 Å². The Morgan fingerprint density at radius 3 is 1.94 bits per heavy atom. The number of aryl methyl sites for hydroxylation is 3. The second kappa shape index (κ2) is 4.72. The van der Waals surface area contributed by atoms with Crippen LogP contribution in [0.15, 0.2) is 42.5 Å². The van der Waals surface area contributed by atoms with Crippen LogP contribution in [-0.4, -0.2) is 0 Å². The lowest BCUT2D eigenvalue weighted by Gasteiger charge is -2.19. The molecule has 0 aromatic heterocycles. The van der Waals surface area contributed by atoms with Gasteiger partial charge in [-0.25, -0.2) is 0 Å². The van der Waals surface area contributed by atoms with E-state index in [0.717, 1.165) is 16.4 Å². The first-order chi connectivity index (χ1) is 8.43. The van der Waals surface area contributed by atoms with Crippen molar-refractivity contribution in [3.8, 4) is 0 Å². The highest BCUT2D eigenvalue weighted by molar-refractivity contribution is 7.76. The molecule has 0 aliphatic carbocycles. The zero-order valence-electron chi connectivity index (χ0n) is 11.0. The number of rotatable bonds is 2. The summed E-state index contributed by atoms with van der Waals surface area (Å²) < 4.78 is 12.9. The van der Waals surface area contributed by atoms with E-state index in [1.165, 1.54) is 5.56 Å². The van der Waals surface area contributed by atoms with Gasteiger partial charge in [0.2, 0.25) is 7.29 Å². The van der Waals surface area contributed by atoms with Gasteiger partial charge in [-0.15, -0.1) is 0 Å². The average molecular weight is 259 g/mol. The Labute approximate surface area is 108 Å². The third-order valence-electron chi connectivity index (χ3n) is 3.11. The second-order valence-corrected chi connectivity index (χ2v) is 7.02. The Morgan fingerprint density at radius 2 is 1.44 bits per heavy atom. The van der Waals surface area contributed by atoms with E-state index in [4.69, 9.17) is 5.50 Å². The molecular weight excluding hydrogens is 241 g/mol. The molecule has 2 nitrogen and oxygen atoms in total. The SMILES string of the molecule is Cc1cc(C)c([P@](N)(=O)c2ccccc2)c(C)c1. The Balaban J connectivity index is 2.66. The summed E-state index contributed by atoms with van der Waals surface area (Å²) in [5.41, 5.74) is 9.34. The summed E-state index contributed by atoms with van der Waals surface area (Å²) in [5, 5.41) is 1.50. The molecule has 0 heterocycles. The standard InChI is InChI=1S/C15H18NOP/c1-11-9-12(2)15(13(3)10-11)18(16,17)14-7-5-4-6-8-14/h4-10H,1-3H3,(H2,16,17)/t18-/m1/s1. The lowest BCUT2D eigenvalue weighted by Crippen LogP contribution is -2.26. The average Bonchev–Trinajstić information content (AvgIpc) is 2.28. The number of hydrogen-bond donors (Lipinski definition) is 1. The molecule has 1 atom stereocenters. The fourth-order valence-electron chi connectivity index (χ4n) is 2.47. The molecule has 0 aliphatic rings. The molecule has 0 fully saturated rings. The molecule has 0 spiro atoms. The number of benzene rings is 2. The molecule has 0 amide bonds. The van der Waals surface area contributed by atoms with E-state index in [1.807, 2.05) is 63.2 Å². The lowest BCUT2D eigenvalue weighted by atomic mass is 10.1. The van der Waals surface area contributed by atoms with Crippen molar-refractivity contribution in [2.45, 2.75) is 20.8 Å².